The first-order valence-electron chi connectivity index (χ1n) is 9.48. The minimum Gasteiger partial charge on any atom is -0.359 e. The van der Waals surface area contributed by atoms with Crippen molar-refractivity contribution in [3.63, 3.8) is 0 Å². The molecule has 6 heteroatoms. The highest BCUT2D eigenvalue weighted by Crippen LogP contribution is 2.44. The maximum atomic E-state index is 5.40. The summed E-state index contributed by atoms with van der Waals surface area (Å²) in [6, 6.07) is 15.3. The molecule has 0 radical (unpaired) electrons. The Labute approximate surface area is 170 Å². The van der Waals surface area contributed by atoms with Crippen LogP contribution in [0.15, 0.2) is 57.4 Å². The molecule has 0 amide bonds. The van der Waals surface area contributed by atoms with Crippen LogP contribution in [0.1, 0.15) is 44.6 Å². The van der Waals surface area contributed by atoms with Gasteiger partial charge in [-0.2, -0.15) is 5.10 Å². The molecule has 1 fully saturated rings. The Morgan fingerprint density at radius 2 is 1.85 bits per heavy atom. The van der Waals surface area contributed by atoms with Crippen molar-refractivity contribution in [2.45, 2.75) is 54.9 Å². The predicted octanol–water partition coefficient (Wildman–Crippen LogP) is 5.42. The first-order chi connectivity index (χ1) is 13.2. The molecular weight excluding hydrogens is 372 g/mol. The number of nitrogens with zero attached hydrogens (tertiary/aromatic N) is 1. The molecule has 0 atom stereocenters. The van der Waals surface area contributed by atoms with E-state index in [-0.39, 0.29) is 0 Å². The zero-order valence-electron chi connectivity index (χ0n) is 15.4. The summed E-state index contributed by atoms with van der Waals surface area (Å²) in [5, 5.41) is 12.0. The van der Waals surface area contributed by atoms with Gasteiger partial charge in [0.2, 0.25) is 0 Å². The van der Waals surface area contributed by atoms with Crippen molar-refractivity contribution in [2.24, 2.45) is 5.10 Å². The van der Waals surface area contributed by atoms with E-state index in [0.29, 0.717) is 11.2 Å². The van der Waals surface area contributed by atoms with Crippen molar-refractivity contribution in [3.8, 4) is 0 Å². The number of fused-ring (bicyclic) bond motifs is 2. The molecule has 2 aromatic rings. The van der Waals surface area contributed by atoms with Crippen molar-refractivity contribution >= 4 is 46.2 Å². The van der Waals surface area contributed by atoms with E-state index in [1.54, 1.807) is 11.8 Å². The number of benzene rings is 2. The second kappa shape index (κ2) is 8.31. The number of hydrazone groups is 1. The lowest BCUT2D eigenvalue weighted by Crippen LogP contribution is -2.41. The molecule has 0 saturated heterocycles. The number of hydrogen-bond donors (Lipinski definition) is 3. The fourth-order valence-corrected chi connectivity index (χ4v) is 4.71. The average molecular weight is 397 g/mol. The van der Waals surface area contributed by atoms with Crippen LogP contribution in [0, 0.1) is 0 Å². The Morgan fingerprint density at radius 3 is 2.70 bits per heavy atom. The average Bonchev–Trinajstić information content (AvgIpc) is 2.70. The molecule has 140 valence electrons. The fourth-order valence-electron chi connectivity index (χ4n) is 3.53. The smallest absolute Gasteiger partial charge is 0.187 e. The molecule has 0 spiro atoms. The number of rotatable bonds is 3. The van der Waals surface area contributed by atoms with Gasteiger partial charge in [0.1, 0.15) is 0 Å². The summed E-state index contributed by atoms with van der Waals surface area (Å²) >= 11 is 7.19. The molecule has 1 saturated carbocycles. The summed E-state index contributed by atoms with van der Waals surface area (Å²) in [6.45, 7) is 2.00. The van der Waals surface area contributed by atoms with E-state index >= 15 is 0 Å². The van der Waals surface area contributed by atoms with Gasteiger partial charge < -0.3 is 10.6 Å². The number of anilines is 2. The Morgan fingerprint density at radius 1 is 1.07 bits per heavy atom. The first-order valence-corrected chi connectivity index (χ1v) is 10.7. The van der Waals surface area contributed by atoms with Gasteiger partial charge in [0.25, 0.3) is 0 Å². The number of nitrogens with one attached hydrogen (secondary N) is 3. The quantitative estimate of drug-likeness (QED) is 0.314. The molecule has 3 N–H and O–H groups in total. The maximum absolute atomic E-state index is 5.40. The second-order valence-corrected chi connectivity index (χ2v) is 8.54. The number of para-hydroxylation sites is 1. The standard InChI is InChI=1S/C21H24N4S2/c1-14(24-25-21(26)22-16-7-3-2-4-8-16)15-11-12-20-18(13-15)23-17-9-5-6-10-19(17)27-20/h5-6,9-13,16,23H,2-4,7-8H2,1H3,(H2,22,25,26). The van der Waals surface area contributed by atoms with Crippen LogP contribution in [0.3, 0.4) is 0 Å². The van der Waals surface area contributed by atoms with E-state index in [0.717, 1.165) is 22.6 Å². The second-order valence-electron chi connectivity index (χ2n) is 7.05. The van der Waals surface area contributed by atoms with E-state index in [4.69, 9.17) is 12.2 Å². The minimum absolute atomic E-state index is 0.485. The van der Waals surface area contributed by atoms with E-state index in [1.807, 2.05) is 6.92 Å². The predicted molar refractivity (Wildman–Crippen MR) is 118 cm³/mol. The van der Waals surface area contributed by atoms with Crippen molar-refractivity contribution in [1.82, 2.24) is 10.7 Å². The summed E-state index contributed by atoms with van der Waals surface area (Å²) in [5.41, 5.74) is 7.27. The Bertz CT molecular complexity index is 872. The molecular formula is C21H24N4S2. The summed E-state index contributed by atoms with van der Waals surface area (Å²) < 4.78 is 0. The van der Waals surface area contributed by atoms with Crippen LogP contribution in [0.5, 0.6) is 0 Å². The van der Waals surface area contributed by atoms with Gasteiger partial charge >= 0.3 is 0 Å². The van der Waals surface area contributed by atoms with E-state index in [9.17, 15) is 0 Å². The topological polar surface area (TPSA) is 48.5 Å². The lowest BCUT2D eigenvalue weighted by molar-refractivity contribution is 0.412. The molecule has 0 unspecified atom stereocenters. The summed E-state index contributed by atoms with van der Waals surface area (Å²) in [6.07, 6.45) is 6.29. The van der Waals surface area contributed by atoms with Gasteiger partial charge in [-0.15, -0.1) is 0 Å². The highest BCUT2D eigenvalue weighted by atomic mass is 32.2. The molecule has 0 aromatic heterocycles. The van der Waals surface area contributed by atoms with Crippen LogP contribution in [0.25, 0.3) is 0 Å². The molecule has 0 bridgehead atoms. The third-order valence-corrected chi connectivity index (χ3v) is 6.40. The SMILES string of the molecule is CC(=NNC(=S)NC1CCCCC1)c1ccc2c(c1)Nc1ccccc1S2. The Hall–Kier alpha value is -2.05. The maximum Gasteiger partial charge on any atom is 0.187 e. The molecule has 2 aromatic carbocycles. The highest BCUT2D eigenvalue weighted by Gasteiger charge is 2.16. The zero-order chi connectivity index (χ0) is 18.6. The van der Waals surface area contributed by atoms with Crippen molar-refractivity contribution in [2.75, 3.05) is 5.32 Å². The summed E-state index contributed by atoms with van der Waals surface area (Å²) in [7, 11) is 0. The Kier molecular flexibility index (Phi) is 5.64. The summed E-state index contributed by atoms with van der Waals surface area (Å²) in [4.78, 5) is 2.48. The Balaban J connectivity index is 1.41. The van der Waals surface area contributed by atoms with Crippen molar-refractivity contribution < 1.29 is 0 Å². The van der Waals surface area contributed by atoms with Crippen LogP contribution >= 0.6 is 24.0 Å². The van der Waals surface area contributed by atoms with Gasteiger partial charge in [-0.3, -0.25) is 5.43 Å². The van der Waals surface area contributed by atoms with E-state index in [1.165, 1.54) is 41.9 Å². The van der Waals surface area contributed by atoms with Gasteiger partial charge in [-0.05, 0) is 61.8 Å². The molecule has 2 aliphatic rings. The number of thiocarbonyl (C=S) groups is 1. The first kappa shape index (κ1) is 18.3. The van der Waals surface area contributed by atoms with Crippen LogP contribution < -0.4 is 16.1 Å². The normalized spacial score (nSPS) is 16.7. The van der Waals surface area contributed by atoms with Crippen molar-refractivity contribution in [3.05, 3.63) is 48.0 Å². The molecule has 27 heavy (non-hydrogen) atoms. The van der Waals surface area contributed by atoms with Crippen LogP contribution in [0.4, 0.5) is 11.4 Å². The lowest BCUT2D eigenvalue weighted by atomic mass is 9.96. The number of hydrogen-bond acceptors (Lipinski definition) is 4. The third kappa shape index (κ3) is 4.45. The van der Waals surface area contributed by atoms with E-state index in [2.05, 4.69) is 63.6 Å². The lowest BCUT2D eigenvalue weighted by Gasteiger charge is -2.23. The van der Waals surface area contributed by atoms with Crippen LogP contribution in [-0.2, 0) is 0 Å². The summed E-state index contributed by atoms with van der Waals surface area (Å²) in [5.74, 6) is 0. The monoisotopic (exact) mass is 396 g/mol. The third-order valence-electron chi connectivity index (χ3n) is 5.04. The van der Waals surface area contributed by atoms with Gasteiger partial charge in [0, 0.05) is 15.8 Å². The molecule has 1 aliphatic heterocycles. The minimum atomic E-state index is 0.485. The van der Waals surface area contributed by atoms with Crippen LogP contribution in [-0.4, -0.2) is 16.9 Å². The van der Waals surface area contributed by atoms with E-state index < -0.39 is 0 Å². The largest absolute Gasteiger partial charge is 0.359 e. The molecule has 4 rings (SSSR count). The zero-order valence-corrected chi connectivity index (χ0v) is 17.1. The van der Waals surface area contributed by atoms with Gasteiger partial charge in [-0.25, -0.2) is 0 Å². The highest BCUT2D eigenvalue weighted by molar-refractivity contribution is 7.99. The molecule has 1 aliphatic carbocycles. The van der Waals surface area contributed by atoms with Gasteiger partial charge in [0.15, 0.2) is 5.11 Å². The van der Waals surface area contributed by atoms with Crippen molar-refractivity contribution in [1.29, 1.82) is 0 Å². The van der Waals surface area contributed by atoms with Crippen LogP contribution in [0.2, 0.25) is 0 Å². The molecule has 4 nitrogen and oxygen atoms in total. The van der Waals surface area contributed by atoms with Gasteiger partial charge in [0.05, 0.1) is 17.1 Å². The van der Waals surface area contributed by atoms with Gasteiger partial charge in [-0.1, -0.05) is 49.2 Å². The fraction of sp³-hybridized carbons (Fsp3) is 0.333. The molecule has 1 heterocycles.